The molecule has 1 amide bonds. The Balaban J connectivity index is 0.00000144. The highest BCUT2D eigenvalue weighted by molar-refractivity contribution is 6.21. The van der Waals surface area contributed by atoms with Crippen molar-refractivity contribution >= 4 is 28.9 Å². The lowest BCUT2D eigenvalue weighted by molar-refractivity contribution is -0.127. The first-order chi connectivity index (χ1) is 15.3. The van der Waals surface area contributed by atoms with Crippen LogP contribution in [0.3, 0.4) is 0 Å². The monoisotopic (exact) mass is 462 g/mol. The summed E-state index contributed by atoms with van der Waals surface area (Å²) in [5.41, 5.74) is 6.33. The van der Waals surface area contributed by atoms with E-state index in [1.165, 1.54) is 0 Å². The maximum absolute atomic E-state index is 13.4. The molecule has 10 heteroatoms. The lowest BCUT2D eigenvalue weighted by Gasteiger charge is -2.41. The number of Topliss-reactive ketones (excluding diaryl/α,β-unsaturated/α-hetero) is 2. The van der Waals surface area contributed by atoms with Crippen LogP contribution in [0.15, 0.2) is 29.0 Å². The standard InChI is InChI=1S/C23H24N2O7.H2O.2H2/c24-23(31)18-14(26)9-12-8-11-7-10-1-2-13(25-3-5-32-6-4-25)19(27)15(10)20(28)16(11)21(29)17(12)22(18)30;;;/h1-2,11-12,17,27-28,30H,3-9H2,(H2,24,31);1H2;2*1H. The van der Waals surface area contributed by atoms with Gasteiger partial charge >= 0.3 is 0 Å². The number of nitrogens with two attached hydrogens (primary N) is 1. The van der Waals surface area contributed by atoms with E-state index in [4.69, 9.17) is 10.5 Å². The first-order valence-electron chi connectivity index (χ1n) is 10.7. The van der Waals surface area contributed by atoms with Crippen molar-refractivity contribution < 1.29 is 42.8 Å². The van der Waals surface area contributed by atoms with Crippen LogP contribution in [0, 0.1) is 17.8 Å². The van der Waals surface area contributed by atoms with E-state index in [2.05, 4.69) is 0 Å². The van der Waals surface area contributed by atoms with Gasteiger partial charge in [-0.25, -0.2) is 0 Å². The van der Waals surface area contributed by atoms with E-state index < -0.39 is 40.6 Å². The highest BCUT2D eigenvalue weighted by Crippen LogP contribution is 2.51. The summed E-state index contributed by atoms with van der Waals surface area (Å²) >= 11 is 0. The van der Waals surface area contributed by atoms with Crippen LogP contribution in [-0.4, -0.2) is 64.6 Å². The van der Waals surface area contributed by atoms with Gasteiger partial charge in [-0.3, -0.25) is 14.4 Å². The first kappa shape index (κ1) is 22.8. The Morgan fingerprint density at radius 2 is 1.82 bits per heavy atom. The van der Waals surface area contributed by atoms with Crippen LogP contribution in [0.1, 0.15) is 26.8 Å². The number of ketones is 2. The largest absolute Gasteiger partial charge is 0.511 e. The second kappa shape index (κ2) is 8.20. The SMILES string of the molecule is NC(=O)C1=C(O)C2C(=O)C3=C(O)c4c(ccc(N5CCOCC5)c4O)CC3CC2CC1=O.O.[HH].[HH]. The second-order valence-corrected chi connectivity index (χ2v) is 8.82. The number of phenols is 1. The van der Waals surface area contributed by atoms with Gasteiger partial charge in [0.2, 0.25) is 0 Å². The van der Waals surface area contributed by atoms with Crippen LogP contribution >= 0.6 is 0 Å². The summed E-state index contributed by atoms with van der Waals surface area (Å²) in [6, 6.07) is 3.65. The Morgan fingerprint density at radius 3 is 2.48 bits per heavy atom. The number of allylic oxidation sites excluding steroid dienone is 2. The topological polar surface area (TPSA) is 182 Å². The Morgan fingerprint density at radius 1 is 1.12 bits per heavy atom. The van der Waals surface area contributed by atoms with E-state index in [9.17, 15) is 29.7 Å². The first-order valence-corrected chi connectivity index (χ1v) is 10.7. The van der Waals surface area contributed by atoms with Crippen LogP contribution in [0.2, 0.25) is 0 Å². The molecule has 1 aliphatic heterocycles. The highest BCUT2D eigenvalue weighted by Gasteiger charge is 2.50. The molecule has 4 aliphatic rings. The van der Waals surface area contributed by atoms with E-state index in [1.54, 1.807) is 0 Å². The summed E-state index contributed by atoms with van der Waals surface area (Å²) in [4.78, 5) is 39.4. The van der Waals surface area contributed by atoms with Crippen molar-refractivity contribution in [2.24, 2.45) is 23.5 Å². The summed E-state index contributed by atoms with van der Waals surface area (Å²) in [5.74, 6) is -5.10. The van der Waals surface area contributed by atoms with Crippen molar-refractivity contribution in [1.29, 1.82) is 0 Å². The van der Waals surface area contributed by atoms with Gasteiger partial charge in [0.1, 0.15) is 22.8 Å². The summed E-state index contributed by atoms with van der Waals surface area (Å²) in [7, 11) is 0. The predicted octanol–water partition coefficient (Wildman–Crippen LogP) is 0.813. The number of benzene rings is 1. The van der Waals surface area contributed by atoms with Gasteiger partial charge in [0, 0.05) is 27.9 Å². The molecular formula is C23H30N2O8. The molecule has 3 atom stereocenters. The van der Waals surface area contributed by atoms with Gasteiger partial charge in [0.15, 0.2) is 11.6 Å². The number of aliphatic hydroxyl groups is 2. The van der Waals surface area contributed by atoms with Gasteiger partial charge in [0.05, 0.1) is 30.4 Å². The molecule has 1 aromatic carbocycles. The van der Waals surface area contributed by atoms with Gasteiger partial charge in [-0.15, -0.1) is 0 Å². The van der Waals surface area contributed by atoms with E-state index >= 15 is 0 Å². The number of rotatable bonds is 2. The molecular weight excluding hydrogens is 432 g/mol. The number of primary amides is 1. The van der Waals surface area contributed by atoms with Crippen LogP contribution in [0.25, 0.3) is 5.76 Å². The molecule has 0 spiro atoms. The quantitative estimate of drug-likeness (QED) is 0.466. The fraction of sp³-hybridized carbons (Fsp3) is 0.435. The van der Waals surface area contributed by atoms with Crippen molar-refractivity contribution in [3.63, 3.8) is 0 Å². The molecule has 1 heterocycles. The number of aromatic hydroxyl groups is 1. The van der Waals surface area contributed by atoms with Crippen molar-refractivity contribution in [1.82, 2.24) is 0 Å². The molecule has 0 radical (unpaired) electrons. The third kappa shape index (κ3) is 3.37. The number of nitrogens with zero attached hydrogens (tertiary/aromatic N) is 1. The van der Waals surface area contributed by atoms with E-state index in [-0.39, 0.29) is 43.3 Å². The van der Waals surface area contributed by atoms with Crippen LogP contribution in [0.5, 0.6) is 5.75 Å². The fourth-order valence-corrected chi connectivity index (χ4v) is 5.66. The third-order valence-corrected chi connectivity index (χ3v) is 7.09. The number of amides is 1. The normalized spacial score (nSPS) is 26.9. The zero-order chi connectivity index (χ0) is 22.7. The minimum absolute atomic E-state index is 0. The number of aliphatic hydroxyl groups excluding tert-OH is 2. The molecule has 1 saturated heterocycles. The van der Waals surface area contributed by atoms with E-state index in [0.717, 1.165) is 5.56 Å². The number of phenolic OH excluding ortho intramolecular Hbond substituents is 1. The van der Waals surface area contributed by atoms with Crippen molar-refractivity contribution in [3.05, 3.63) is 40.2 Å². The van der Waals surface area contributed by atoms with Gasteiger partial charge in [0.25, 0.3) is 5.91 Å². The molecule has 1 saturated carbocycles. The number of ether oxygens (including phenoxy) is 1. The molecule has 7 N–H and O–H groups in total. The minimum Gasteiger partial charge on any atom is -0.511 e. The van der Waals surface area contributed by atoms with Crippen LogP contribution in [0.4, 0.5) is 5.69 Å². The zero-order valence-corrected chi connectivity index (χ0v) is 17.8. The molecule has 33 heavy (non-hydrogen) atoms. The highest BCUT2D eigenvalue weighted by atomic mass is 16.5. The molecule has 0 aromatic heterocycles. The second-order valence-electron chi connectivity index (χ2n) is 8.82. The van der Waals surface area contributed by atoms with Gasteiger partial charge in [-0.1, -0.05) is 6.07 Å². The van der Waals surface area contributed by atoms with Crippen LogP contribution < -0.4 is 10.6 Å². The van der Waals surface area contributed by atoms with Crippen molar-refractivity contribution in [2.45, 2.75) is 19.3 Å². The van der Waals surface area contributed by atoms with E-state index in [0.29, 0.717) is 44.8 Å². The Labute approximate surface area is 192 Å². The average Bonchev–Trinajstić information content (AvgIpc) is 2.73. The number of morpholine rings is 1. The number of anilines is 1. The summed E-state index contributed by atoms with van der Waals surface area (Å²) < 4.78 is 5.36. The Kier molecular flexibility index (Phi) is 5.67. The smallest absolute Gasteiger partial charge is 0.255 e. The lowest BCUT2D eigenvalue weighted by Crippen LogP contribution is -2.44. The average molecular weight is 462 g/mol. The van der Waals surface area contributed by atoms with Gasteiger partial charge in [-0.2, -0.15) is 0 Å². The molecule has 5 rings (SSSR count). The van der Waals surface area contributed by atoms with Gasteiger partial charge < -0.3 is 36.2 Å². The van der Waals surface area contributed by atoms with Crippen molar-refractivity contribution in [2.75, 3.05) is 31.2 Å². The van der Waals surface area contributed by atoms with Crippen LogP contribution in [-0.2, 0) is 25.5 Å². The summed E-state index contributed by atoms with van der Waals surface area (Å²) in [6.07, 6.45) is 0.752. The zero-order valence-electron chi connectivity index (χ0n) is 17.8. The molecule has 3 unspecified atom stereocenters. The Bertz CT molecular complexity index is 1130. The van der Waals surface area contributed by atoms with Gasteiger partial charge in [-0.05, 0) is 36.3 Å². The van der Waals surface area contributed by atoms with Crippen molar-refractivity contribution in [3.8, 4) is 5.75 Å². The number of fused-ring (bicyclic) bond motifs is 3. The minimum atomic E-state index is -1.10. The number of carbonyl (C=O) groups excluding carboxylic acids is 3. The Hall–Kier alpha value is -3.37. The summed E-state index contributed by atoms with van der Waals surface area (Å²) in [6.45, 7) is 2.24. The molecule has 10 nitrogen and oxygen atoms in total. The molecule has 180 valence electrons. The maximum atomic E-state index is 13.4. The number of carbonyl (C=O) groups is 3. The lowest BCUT2D eigenvalue weighted by atomic mass is 9.61. The van der Waals surface area contributed by atoms with E-state index in [1.807, 2.05) is 17.0 Å². The fourth-order valence-electron chi connectivity index (χ4n) is 5.66. The number of hydrogen-bond acceptors (Lipinski definition) is 8. The molecule has 2 fully saturated rings. The molecule has 3 aliphatic carbocycles. The predicted molar refractivity (Wildman–Crippen MR) is 121 cm³/mol. The molecule has 1 aromatic rings. The number of hydrogen-bond donors (Lipinski definition) is 4. The third-order valence-electron chi connectivity index (χ3n) is 7.09. The maximum Gasteiger partial charge on any atom is 0.255 e. The summed E-state index contributed by atoms with van der Waals surface area (Å²) in [5, 5.41) is 32.7. The molecule has 0 bridgehead atoms.